The molecule has 2 nitrogen and oxygen atoms in total. The Morgan fingerprint density at radius 1 is 0.462 bits per heavy atom. The predicted molar refractivity (Wildman–Crippen MR) is 176 cm³/mol. The van der Waals surface area contributed by atoms with Crippen molar-refractivity contribution in [2.45, 2.75) is 213 Å². The first-order valence-electron chi connectivity index (χ1n) is 18.3. The fraction of sp³-hybridized carbons (Fsp3) is 0.919. The summed E-state index contributed by atoms with van der Waals surface area (Å²) in [5.74, 6) is 2.09. The number of hydrogen-bond donors (Lipinski definition) is 1. The molecule has 0 radical (unpaired) electrons. The molecular weight excluding hydrogens is 472 g/mol. The molecule has 0 spiro atoms. The van der Waals surface area contributed by atoms with E-state index in [0.717, 1.165) is 12.3 Å². The number of nitrogens with zero attached hydrogens (tertiary/aromatic N) is 1. The number of aromatic nitrogens is 2. The number of aryl methyl sites for hydroxylation is 1. The Hall–Kier alpha value is -0.790. The fourth-order valence-corrected chi connectivity index (χ4v) is 6.29. The van der Waals surface area contributed by atoms with Gasteiger partial charge in [0.05, 0.1) is 0 Å². The van der Waals surface area contributed by atoms with Crippen molar-refractivity contribution in [3.8, 4) is 0 Å². The molecule has 0 amide bonds. The maximum atomic E-state index is 4.48. The van der Waals surface area contributed by atoms with Gasteiger partial charge in [0.25, 0.3) is 0 Å². The number of aromatic amines is 1. The molecule has 39 heavy (non-hydrogen) atoms. The van der Waals surface area contributed by atoms with Gasteiger partial charge >= 0.3 is 0 Å². The van der Waals surface area contributed by atoms with Crippen LogP contribution in [0.5, 0.6) is 0 Å². The second-order valence-electron chi connectivity index (χ2n) is 12.9. The van der Waals surface area contributed by atoms with E-state index in [9.17, 15) is 0 Å². The van der Waals surface area contributed by atoms with E-state index in [4.69, 9.17) is 0 Å². The predicted octanol–water partition coefficient (Wildman–Crippen LogP) is 13.3. The van der Waals surface area contributed by atoms with Crippen molar-refractivity contribution in [1.29, 1.82) is 0 Å². The lowest BCUT2D eigenvalue weighted by Gasteiger charge is -2.16. The Kier molecular flexibility index (Phi) is 28.0. The number of imidazole rings is 1. The average Bonchev–Trinajstić information content (AvgIpc) is 3.47. The molecule has 1 heterocycles. The lowest BCUT2D eigenvalue weighted by atomic mass is 9.90. The van der Waals surface area contributed by atoms with Gasteiger partial charge < -0.3 is 4.98 Å². The summed E-state index contributed by atoms with van der Waals surface area (Å²) in [7, 11) is 0. The van der Waals surface area contributed by atoms with Crippen LogP contribution in [0.1, 0.15) is 212 Å². The van der Waals surface area contributed by atoms with Gasteiger partial charge in [0.15, 0.2) is 0 Å². The molecule has 1 atom stereocenters. The van der Waals surface area contributed by atoms with Gasteiger partial charge in [-0.3, -0.25) is 0 Å². The lowest BCUT2D eigenvalue weighted by Crippen LogP contribution is -2.04. The summed E-state index contributed by atoms with van der Waals surface area (Å²) in [6.07, 6.45) is 48.5. The largest absolute Gasteiger partial charge is 0.349 e. The molecule has 1 aromatic heterocycles. The molecule has 1 rings (SSSR count). The van der Waals surface area contributed by atoms with Crippen molar-refractivity contribution >= 4 is 0 Å². The number of nitrogens with one attached hydrogen (secondary N) is 1. The Bertz CT molecular complexity index is 552. The molecule has 1 unspecified atom stereocenters. The minimum Gasteiger partial charge on any atom is -0.349 e. The molecule has 0 aliphatic rings. The smallest absolute Gasteiger partial charge is 0.106 e. The quantitative estimate of drug-likeness (QED) is 0.0897. The summed E-state index contributed by atoms with van der Waals surface area (Å²) >= 11 is 0. The highest BCUT2D eigenvalue weighted by molar-refractivity contribution is 4.87. The van der Waals surface area contributed by atoms with E-state index in [2.05, 4.69) is 23.8 Å². The summed E-state index contributed by atoms with van der Waals surface area (Å²) in [5.41, 5.74) is 0. The van der Waals surface area contributed by atoms with Crippen molar-refractivity contribution in [1.82, 2.24) is 9.97 Å². The summed E-state index contributed by atoms with van der Waals surface area (Å²) in [5, 5.41) is 0. The van der Waals surface area contributed by atoms with Gasteiger partial charge in [-0.15, -0.1) is 0 Å². The van der Waals surface area contributed by atoms with Crippen molar-refractivity contribution in [3.63, 3.8) is 0 Å². The Morgan fingerprint density at radius 3 is 1.10 bits per heavy atom. The highest BCUT2D eigenvalue weighted by Crippen LogP contribution is 2.24. The molecule has 1 N–H and O–H groups in total. The van der Waals surface area contributed by atoms with Crippen LogP contribution in [-0.2, 0) is 6.42 Å². The van der Waals surface area contributed by atoms with Crippen LogP contribution >= 0.6 is 0 Å². The topological polar surface area (TPSA) is 28.7 Å². The van der Waals surface area contributed by atoms with Gasteiger partial charge in [0.1, 0.15) is 5.82 Å². The van der Waals surface area contributed by atoms with Gasteiger partial charge in [0, 0.05) is 18.8 Å². The highest BCUT2D eigenvalue weighted by Gasteiger charge is 2.10. The molecular formula is C37H72N2. The second kappa shape index (κ2) is 30.2. The third-order valence-corrected chi connectivity index (χ3v) is 9.03. The molecule has 0 saturated heterocycles. The van der Waals surface area contributed by atoms with Crippen molar-refractivity contribution in [2.24, 2.45) is 5.92 Å². The van der Waals surface area contributed by atoms with Crippen LogP contribution < -0.4 is 0 Å². The SMILES string of the molecule is CCCCCCCCCCCCCCCCC(CCCCCCCCCCCCCCC)CCc1ncc[nH]1. The number of hydrogen-bond acceptors (Lipinski definition) is 1. The zero-order chi connectivity index (χ0) is 27.9. The van der Waals surface area contributed by atoms with Gasteiger partial charge in [-0.2, -0.15) is 0 Å². The van der Waals surface area contributed by atoms with Gasteiger partial charge in [-0.25, -0.2) is 4.98 Å². The summed E-state index contributed by atoms with van der Waals surface area (Å²) in [6, 6.07) is 0. The van der Waals surface area contributed by atoms with Crippen LogP contribution in [0, 0.1) is 5.92 Å². The van der Waals surface area contributed by atoms with Crippen LogP contribution in [0.3, 0.4) is 0 Å². The maximum Gasteiger partial charge on any atom is 0.106 e. The average molecular weight is 545 g/mol. The lowest BCUT2D eigenvalue weighted by molar-refractivity contribution is 0.378. The first-order valence-corrected chi connectivity index (χ1v) is 18.3. The molecule has 0 aliphatic heterocycles. The van der Waals surface area contributed by atoms with E-state index in [0.29, 0.717) is 0 Å². The summed E-state index contributed by atoms with van der Waals surface area (Å²) in [6.45, 7) is 4.62. The van der Waals surface area contributed by atoms with Crippen LogP contribution in [0.2, 0.25) is 0 Å². The normalized spacial score (nSPS) is 12.4. The van der Waals surface area contributed by atoms with Gasteiger partial charge in [0.2, 0.25) is 0 Å². The van der Waals surface area contributed by atoms with Crippen LogP contribution in [-0.4, -0.2) is 9.97 Å². The van der Waals surface area contributed by atoms with E-state index in [1.807, 2.05) is 12.4 Å². The first kappa shape index (κ1) is 36.2. The molecule has 0 saturated carbocycles. The molecule has 0 fully saturated rings. The second-order valence-corrected chi connectivity index (χ2v) is 12.9. The number of unbranched alkanes of at least 4 members (excludes halogenated alkanes) is 25. The van der Waals surface area contributed by atoms with E-state index in [-0.39, 0.29) is 0 Å². The monoisotopic (exact) mass is 545 g/mol. The Morgan fingerprint density at radius 2 is 0.795 bits per heavy atom. The Labute approximate surface area is 246 Å². The number of H-pyrrole nitrogens is 1. The standard InChI is InChI=1S/C37H72N2/c1-3-5-7-9-11-13-15-17-19-21-23-25-27-29-31-36(32-33-37-38-34-35-39-37)30-28-26-24-22-20-18-16-14-12-10-8-6-4-2/h34-36H,3-33H2,1-2H3,(H,38,39). The zero-order valence-corrected chi connectivity index (χ0v) is 27.1. The van der Waals surface area contributed by atoms with E-state index in [1.165, 1.54) is 198 Å². The van der Waals surface area contributed by atoms with Crippen molar-refractivity contribution in [2.75, 3.05) is 0 Å². The van der Waals surface area contributed by atoms with Crippen LogP contribution in [0.4, 0.5) is 0 Å². The van der Waals surface area contributed by atoms with Crippen LogP contribution in [0.25, 0.3) is 0 Å². The molecule has 1 aromatic rings. The van der Waals surface area contributed by atoms with Crippen LogP contribution in [0.15, 0.2) is 12.4 Å². The molecule has 0 bridgehead atoms. The van der Waals surface area contributed by atoms with Gasteiger partial charge in [-0.1, -0.05) is 200 Å². The molecule has 0 aliphatic carbocycles. The zero-order valence-electron chi connectivity index (χ0n) is 27.1. The fourth-order valence-electron chi connectivity index (χ4n) is 6.29. The maximum absolute atomic E-state index is 4.48. The first-order chi connectivity index (χ1) is 19.4. The summed E-state index contributed by atoms with van der Waals surface area (Å²) in [4.78, 5) is 7.79. The third-order valence-electron chi connectivity index (χ3n) is 9.03. The van der Waals surface area contributed by atoms with Gasteiger partial charge in [-0.05, 0) is 12.3 Å². The molecule has 230 valence electrons. The minimum atomic E-state index is 0.903. The van der Waals surface area contributed by atoms with E-state index < -0.39 is 0 Å². The molecule has 0 aromatic carbocycles. The van der Waals surface area contributed by atoms with Crippen molar-refractivity contribution in [3.05, 3.63) is 18.2 Å². The summed E-state index contributed by atoms with van der Waals surface area (Å²) < 4.78 is 0. The third kappa shape index (κ3) is 25.9. The minimum absolute atomic E-state index is 0.903. The van der Waals surface area contributed by atoms with Crippen molar-refractivity contribution < 1.29 is 0 Å². The van der Waals surface area contributed by atoms with E-state index in [1.54, 1.807) is 0 Å². The highest BCUT2D eigenvalue weighted by atomic mass is 14.9. The molecule has 2 heteroatoms. The Balaban J connectivity index is 1.99. The van der Waals surface area contributed by atoms with E-state index >= 15 is 0 Å². The number of rotatable bonds is 32.